The predicted molar refractivity (Wildman–Crippen MR) is 111 cm³/mol. The van der Waals surface area contributed by atoms with Crippen molar-refractivity contribution in [3.8, 4) is 0 Å². The van der Waals surface area contributed by atoms with Crippen LogP contribution in [0.2, 0.25) is 0 Å². The number of aliphatic hydroxyl groups is 1. The molecule has 176 valence electrons. The fraction of sp³-hybridized carbons (Fsp3) is 0.545. The second-order valence-electron chi connectivity index (χ2n) is 8.44. The molecule has 1 amide bonds. The van der Waals surface area contributed by atoms with Gasteiger partial charge in [-0.2, -0.15) is 13.2 Å². The quantitative estimate of drug-likeness (QED) is 0.672. The number of nitrogens with one attached hydrogen (secondary N) is 1. The number of nitrogens with zero attached hydrogens (tertiary/aromatic N) is 3. The van der Waals surface area contributed by atoms with E-state index in [-0.39, 0.29) is 18.8 Å². The van der Waals surface area contributed by atoms with Crippen molar-refractivity contribution in [1.29, 1.82) is 0 Å². The Morgan fingerprint density at radius 2 is 1.78 bits per heavy atom. The number of halogens is 3. The number of aromatic nitrogens is 2. The molecule has 1 saturated heterocycles. The second kappa shape index (κ2) is 9.60. The Morgan fingerprint density at radius 3 is 2.31 bits per heavy atom. The molecule has 0 aliphatic carbocycles. The first kappa shape index (κ1) is 24.2. The van der Waals surface area contributed by atoms with Crippen LogP contribution in [0, 0.1) is 0 Å². The van der Waals surface area contributed by atoms with Crippen molar-refractivity contribution >= 4 is 5.91 Å². The number of amides is 1. The summed E-state index contributed by atoms with van der Waals surface area (Å²) in [6.07, 6.45) is -3.46. The van der Waals surface area contributed by atoms with Crippen molar-refractivity contribution in [3.63, 3.8) is 0 Å². The summed E-state index contributed by atoms with van der Waals surface area (Å²) in [7, 11) is 1.33. The lowest BCUT2D eigenvalue weighted by Crippen LogP contribution is -2.47. The molecule has 3 atom stereocenters. The van der Waals surface area contributed by atoms with E-state index in [0.29, 0.717) is 0 Å². The van der Waals surface area contributed by atoms with Crippen LogP contribution < -0.4 is 5.32 Å². The van der Waals surface area contributed by atoms with Crippen LogP contribution in [0.4, 0.5) is 13.2 Å². The normalized spacial score (nSPS) is 21.8. The number of imidazole rings is 1. The van der Waals surface area contributed by atoms with Gasteiger partial charge in [-0.05, 0) is 25.0 Å². The van der Waals surface area contributed by atoms with Crippen molar-refractivity contribution in [3.05, 3.63) is 53.6 Å². The molecule has 1 fully saturated rings. The maximum absolute atomic E-state index is 13.6. The van der Waals surface area contributed by atoms with Gasteiger partial charge in [0.2, 0.25) is 11.5 Å². The van der Waals surface area contributed by atoms with Crippen molar-refractivity contribution < 1.29 is 27.8 Å². The Labute approximate surface area is 185 Å². The molecule has 0 spiro atoms. The number of hydrogen-bond acceptors (Lipinski definition) is 5. The van der Waals surface area contributed by atoms with Gasteiger partial charge in [-0.3, -0.25) is 9.69 Å². The van der Waals surface area contributed by atoms with E-state index in [4.69, 9.17) is 4.74 Å². The molecule has 0 radical (unpaired) electrons. The maximum Gasteiger partial charge on any atom is 0.425 e. The molecule has 1 aromatic heterocycles. The summed E-state index contributed by atoms with van der Waals surface area (Å²) < 4.78 is 47.5. The molecule has 3 rings (SSSR count). The molecule has 1 aliphatic rings. The van der Waals surface area contributed by atoms with E-state index >= 15 is 0 Å². The summed E-state index contributed by atoms with van der Waals surface area (Å²) in [5.74, 6) is -1.55. The van der Waals surface area contributed by atoms with Gasteiger partial charge in [0.25, 0.3) is 0 Å². The third-order valence-corrected chi connectivity index (χ3v) is 5.49. The van der Waals surface area contributed by atoms with E-state index in [1.165, 1.54) is 13.2 Å². The first-order chi connectivity index (χ1) is 15.0. The monoisotopic (exact) mass is 454 g/mol. The lowest BCUT2D eigenvalue weighted by molar-refractivity contribution is -0.271. The standard InChI is InChI=1S/C22H29F3N4O3/c1-15-12-29(13-16(2)32-15)14-18-6-4-17(5-7-18)11-27-19(30)10-21(31,22(23,24)25)20-26-8-9-28(20)3/h4-9,15-16,31H,10-14H2,1-3H3,(H,27,30). The van der Waals surface area contributed by atoms with Gasteiger partial charge in [-0.15, -0.1) is 0 Å². The van der Waals surface area contributed by atoms with Crippen LogP contribution in [-0.4, -0.2) is 56.9 Å². The fourth-order valence-electron chi connectivity index (χ4n) is 4.00. The van der Waals surface area contributed by atoms with Gasteiger partial charge < -0.3 is 19.7 Å². The molecule has 3 unspecified atom stereocenters. The average molecular weight is 454 g/mol. The third kappa shape index (κ3) is 5.67. The van der Waals surface area contributed by atoms with E-state index < -0.39 is 29.9 Å². The summed E-state index contributed by atoms with van der Waals surface area (Å²) in [6.45, 7) is 6.61. The van der Waals surface area contributed by atoms with Gasteiger partial charge in [0.15, 0.2) is 5.82 Å². The SMILES string of the molecule is CC1CN(Cc2ccc(CNC(=O)CC(O)(c3nccn3C)C(F)(F)F)cc2)CC(C)O1. The molecule has 32 heavy (non-hydrogen) atoms. The largest absolute Gasteiger partial charge is 0.425 e. The number of ether oxygens (including phenoxy) is 1. The first-order valence-electron chi connectivity index (χ1n) is 10.5. The van der Waals surface area contributed by atoms with E-state index in [1.807, 2.05) is 38.1 Å². The highest BCUT2D eigenvalue weighted by molar-refractivity contribution is 5.77. The Kier molecular flexibility index (Phi) is 7.26. The minimum Gasteiger partial charge on any atom is -0.374 e. The smallest absolute Gasteiger partial charge is 0.374 e. The lowest BCUT2D eigenvalue weighted by Gasteiger charge is -2.35. The third-order valence-electron chi connectivity index (χ3n) is 5.49. The molecule has 0 bridgehead atoms. The molecule has 0 saturated carbocycles. The molecule has 7 nitrogen and oxygen atoms in total. The zero-order valence-corrected chi connectivity index (χ0v) is 18.4. The highest BCUT2D eigenvalue weighted by Gasteiger charge is 2.58. The Bertz CT molecular complexity index is 906. The zero-order chi connectivity index (χ0) is 23.5. The number of rotatable bonds is 7. The van der Waals surface area contributed by atoms with Gasteiger partial charge in [0.05, 0.1) is 18.6 Å². The number of alkyl halides is 3. The van der Waals surface area contributed by atoms with Crippen LogP contribution >= 0.6 is 0 Å². The molecule has 1 aliphatic heterocycles. The number of morpholine rings is 1. The van der Waals surface area contributed by atoms with Gasteiger partial charge >= 0.3 is 6.18 Å². The van der Waals surface area contributed by atoms with E-state index in [1.54, 1.807) is 0 Å². The topological polar surface area (TPSA) is 79.6 Å². The lowest BCUT2D eigenvalue weighted by atomic mass is 9.97. The summed E-state index contributed by atoms with van der Waals surface area (Å²) in [6, 6.07) is 7.54. The number of carbonyl (C=O) groups excluding carboxylic acids is 1. The van der Waals surface area contributed by atoms with Gasteiger partial charge in [0.1, 0.15) is 0 Å². The summed E-state index contributed by atoms with van der Waals surface area (Å²) in [4.78, 5) is 18.2. The summed E-state index contributed by atoms with van der Waals surface area (Å²) in [5.41, 5.74) is -1.52. The Balaban J connectivity index is 1.57. The van der Waals surface area contributed by atoms with Gasteiger partial charge in [-0.25, -0.2) is 4.98 Å². The number of carbonyl (C=O) groups is 1. The summed E-state index contributed by atoms with van der Waals surface area (Å²) >= 11 is 0. The molecule has 10 heteroatoms. The van der Waals surface area contributed by atoms with Gasteiger partial charge in [-0.1, -0.05) is 24.3 Å². The van der Waals surface area contributed by atoms with Gasteiger partial charge in [0, 0.05) is 45.6 Å². The highest BCUT2D eigenvalue weighted by atomic mass is 19.4. The predicted octanol–water partition coefficient (Wildman–Crippen LogP) is 2.49. The van der Waals surface area contributed by atoms with E-state index in [0.717, 1.165) is 41.5 Å². The molecule has 1 aromatic carbocycles. The van der Waals surface area contributed by atoms with Crippen molar-refractivity contribution in [1.82, 2.24) is 19.8 Å². The van der Waals surface area contributed by atoms with Crippen LogP contribution in [0.3, 0.4) is 0 Å². The molecule has 2 heterocycles. The Morgan fingerprint density at radius 1 is 1.19 bits per heavy atom. The van der Waals surface area contributed by atoms with Crippen LogP contribution in [0.1, 0.15) is 37.2 Å². The molecular weight excluding hydrogens is 425 g/mol. The van der Waals surface area contributed by atoms with E-state index in [2.05, 4.69) is 15.2 Å². The fourth-order valence-corrected chi connectivity index (χ4v) is 4.00. The molecular formula is C22H29F3N4O3. The summed E-state index contributed by atoms with van der Waals surface area (Å²) in [5, 5.41) is 12.8. The average Bonchev–Trinajstić information content (AvgIpc) is 3.12. The van der Waals surface area contributed by atoms with Crippen LogP contribution in [0.5, 0.6) is 0 Å². The minimum absolute atomic E-state index is 0.0548. The Hall–Kier alpha value is -2.43. The van der Waals surface area contributed by atoms with Crippen LogP contribution in [0.15, 0.2) is 36.7 Å². The number of aryl methyl sites for hydroxylation is 1. The van der Waals surface area contributed by atoms with Crippen molar-refractivity contribution in [2.45, 2.75) is 57.3 Å². The number of hydrogen-bond donors (Lipinski definition) is 2. The van der Waals surface area contributed by atoms with Crippen LogP contribution in [-0.2, 0) is 35.3 Å². The maximum atomic E-state index is 13.6. The second-order valence-corrected chi connectivity index (χ2v) is 8.44. The minimum atomic E-state index is -5.06. The van der Waals surface area contributed by atoms with E-state index in [9.17, 15) is 23.1 Å². The van der Waals surface area contributed by atoms with Crippen molar-refractivity contribution in [2.75, 3.05) is 13.1 Å². The first-order valence-corrected chi connectivity index (χ1v) is 10.5. The zero-order valence-electron chi connectivity index (χ0n) is 18.4. The van der Waals surface area contributed by atoms with Crippen molar-refractivity contribution in [2.24, 2.45) is 7.05 Å². The molecule has 2 N–H and O–H groups in total. The number of benzene rings is 1. The van der Waals surface area contributed by atoms with Crippen LogP contribution in [0.25, 0.3) is 0 Å². The highest BCUT2D eigenvalue weighted by Crippen LogP contribution is 2.40. The molecule has 2 aromatic rings.